The highest BCUT2D eigenvalue weighted by Gasteiger charge is 2.14. The first-order chi connectivity index (χ1) is 14.1. The van der Waals surface area contributed by atoms with Crippen molar-refractivity contribution >= 4 is 46.7 Å². The van der Waals surface area contributed by atoms with Gasteiger partial charge < -0.3 is 25.6 Å². The number of amides is 1. The van der Waals surface area contributed by atoms with E-state index >= 15 is 0 Å². The zero-order valence-corrected chi connectivity index (χ0v) is 17.8. The lowest BCUT2D eigenvalue weighted by Gasteiger charge is -2.16. The van der Waals surface area contributed by atoms with Crippen LogP contribution in [0.5, 0.6) is 5.75 Å². The van der Waals surface area contributed by atoms with Crippen LogP contribution in [0.15, 0.2) is 42.5 Å². The van der Waals surface area contributed by atoms with Crippen LogP contribution in [0.4, 0.5) is 5.69 Å². The van der Waals surface area contributed by atoms with Crippen LogP contribution in [-0.4, -0.2) is 47.8 Å². The number of carbonyl (C=O) groups excluding carboxylic acids is 1. The van der Waals surface area contributed by atoms with Crippen LogP contribution < -0.4 is 15.4 Å². The molecule has 0 heterocycles. The van der Waals surface area contributed by atoms with Crippen LogP contribution in [-0.2, 0) is 20.8 Å². The van der Waals surface area contributed by atoms with Crippen LogP contribution in [0, 0.1) is 0 Å². The Hall–Kier alpha value is -2.81. The summed E-state index contributed by atoms with van der Waals surface area (Å²) in [4.78, 5) is 30.5. The lowest BCUT2D eigenvalue weighted by Crippen LogP contribution is -2.39. The molecule has 8 nitrogen and oxygen atoms in total. The highest BCUT2D eigenvalue weighted by molar-refractivity contribution is 6.31. The summed E-state index contributed by atoms with van der Waals surface area (Å²) in [5.74, 6) is -3.22. The van der Waals surface area contributed by atoms with E-state index in [1.807, 2.05) is 31.2 Å². The summed E-state index contributed by atoms with van der Waals surface area (Å²) in [5.41, 5.74) is 1.72. The molecule has 0 aromatic heterocycles. The smallest absolute Gasteiger partial charge is 0.414 e. The Balaban J connectivity index is 0.000000656. The molecule has 0 spiro atoms. The number of carbonyl (C=O) groups is 3. The van der Waals surface area contributed by atoms with Crippen molar-refractivity contribution < 1.29 is 29.3 Å². The molecular formula is C20H22Cl2N2O6. The van der Waals surface area contributed by atoms with Crippen LogP contribution >= 0.6 is 23.2 Å². The van der Waals surface area contributed by atoms with E-state index in [1.165, 1.54) is 0 Å². The number of hydrogen-bond donors (Lipinski definition) is 4. The Morgan fingerprint density at radius 1 is 1.00 bits per heavy atom. The molecule has 1 unspecified atom stereocenters. The largest absolute Gasteiger partial charge is 0.495 e. The zero-order valence-electron chi connectivity index (χ0n) is 16.3. The molecule has 0 saturated heterocycles. The number of hydrogen-bond acceptors (Lipinski definition) is 5. The van der Waals surface area contributed by atoms with Gasteiger partial charge in [0.25, 0.3) is 0 Å². The summed E-state index contributed by atoms with van der Waals surface area (Å²) < 4.78 is 5.23. The standard InChI is InChI=1S/C18H20Cl2N2O2.C2H2O4/c1-12(21-10-9-13-3-5-14(19)6-4-13)18(23)22-16-11-15(20)7-8-17(16)24-2;3-1(4)2(5)6/h3-8,11-12,21H,9-10H2,1-2H3,(H,22,23);(H,3,4)(H,5,6). The van der Waals surface area contributed by atoms with E-state index in [2.05, 4.69) is 10.6 Å². The van der Waals surface area contributed by atoms with Gasteiger partial charge in [0.1, 0.15) is 5.75 Å². The van der Waals surface area contributed by atoms with E-state index in [9.17, 15) is 4.79 Å². The number of nitrogens with one attached hydrogen (secondary N) is 2. The average molecular weight is 457 g/mol. The Labute approximate surface area is 183 Å². The van der Waals surface area contributed by atoms with E-state index in [-0.39, 0.29) is 11.9 Å². The van der Waals surface area contributed by atoms with E-state index in [0.717, 1.165) is 17.0 Å². The third kappa shape index (κ3) is 9.13. The topological polar surface area (TPSA) is 125 Å². The molecule has 2 aromatic carbocycles. The average Bonchev–Trinajstić information content (AvgIpc) is 2.70. The van der Waals surface area contributed by atoms with Crippen molar-refractivity contribution in [3.05, 3.63) is 58.1 Å². The van der Waals surface area contributed by atoms with Gasteiger partial charge in [-0.3, -0.25) is 4.79 Å². The first-order valence-corrected chi connectivity index (χ1v) is 9.48. The summed E-state index contributed by atoms with van der Waals surface area (Å²) in [6.45, 7) is 2.50. The minimum absolute atomic E-state index is 0.147. The second-order valence-corrected chi connectivity index (χ2v) is 6.87. The predicted octanol–water partition coefficient (Wildman–Crippen LogP) is 3.32. The lowest BCUT2D eigenvalue weighted by atomic mass is 10.1. The van der Waals surface area contributed by atoms with Crippen molar-refractivity contribution in [1.29, 1.82) is 0 Å². The molecule has 162 valence electrons. The highest BCUT2D eigenvalue weighted by Crippen LogP contribution is 2.27. The van der Waals surface area contributed by atoms with Gasteiger partial charge in [0.15, 0.2) is 0 Å². The van der Waals surface area contributed by atoms with Crippen LogP contribution in [0.1, 0.15) is 12.5 Å². The fourth-order valence-electron chi connectivity index (χ4n) is 2.20. The monoisotopic (exact) mass is 456 g/mol. The number of benzene rings is 2. The number of carboxylic acid groups (broad SMARTS) is 2. The minimum Gasteiger partial charge on any atom is -0.495 e. The summed E-state index contributed by atoms with van der Waals surface area (Å²) >= 11 is 11.8. The summed E-state index contributed by atoms with van der Waals surface area (Å²) in [6.07, 6.45) is 0.815. The molecule has 0 aliphatic heterocycles. The molecule has 1 atom stereocenters. The maximum atomic E-state index is 12.3. The van der Waals surface area contributed by atoms with Gasteiger partial charge in [0, 0.05) is 10.0 Å². The van der Waals surface area contributed by atoms with Crippen molar-refractivity contribution in [3.63, 3.8) is 0 Å². The van der Waals surface area contributed by atoms with Crippen molar-refractivity contribution in [2.45, 2.75) is 19.4 Å². The SMILES string of the molecule is COc1ccc(Cl)cc1NC(=O)C(C)NCCc1ccc(Cl)cc1.O=C(O)C(=O)O. The van der Waals surface area contributed by atoms with Crippen LogP contribution in [0.2, 0.25) is 10.0 Å². The Morgan fingerprint density at radius 2 is 1.57 bits per heavy atom. The summed E-state index contributed by atoms with van der Waals surface area (Å²) in [5, 5.41) is 22.1. The third-order valence-electron chi connectivity index (χ3n) is 3.77. The van der Waals surface area contributed by atoms with Crippen molar-refractivity contribution in [1.82, 2.24) is 5.32 Å². The zero-order chi connectivity index (χ0) is 22.7. The number of halogens is 2. The van der Waals surface area contributed by atoms with Gasteiger partial charge in [0.2, 0.25) is 5.91 Å². The molecular weight excluding hydrogens is 435 g/mol. The lowest BCUT2D eigenvalue weighted by molar-refractivity contribution is -0.159. The molecule has 0 aliphatic carbocycles. The number of aliphatic carboxylic acids is 2. The number of methoxy groups -OCH3 is 1. The molecule has 2 aromatic rings. The van der Waals surface area contributed by atoms with E-state index in [4.69, 9.17) is 47.7 Å². The second-order valence-electron chi connectivity index (χ2n) is 6.00. The minimum atomic E-state index is -1.82. The Kier molecular flexibility index (Phi) is 10.7. The van der Waals surface area contributed by atoms with Crippen molar-refractivity contribution in [2.75, 3.05) is 19.0 Å². The number of anilines is 1. The molecule has 1 amide bonds. The van der Waals surface area contributed by atoms with Gasteiger partial charge in [-0.05, 0) is 55.8 Å². The highest BCUT2D eigenvalue weighted by atomic mass is 35.5. The molecule has 0 radical (unpaired) electrons. The third-order valence-corrected chi connectivity index (χ3v) is 4.26. The van der Waals surface area contributed by atoms with Crippen molar-refractivity contribution in [2.24, 2.45) is 0 Å². The summed E-state index contributed by atoms with van der Waals surface area (Å²) in [6, 6.07) is 12.4. The fourth-order valence-corrected chi connectivity index (χ4v) is 2.49. The summed E-state index contributed by atoms with van der Waals surface area (Å²) in [7, 11) is 1.55. The molecule has 0 fully saturated rings. The normalized spacial score (nSPS) is 10.9. The molecule has 0 aliphatic rings. The Bertz CT molecular complexity index is 862. The van der Waals surface area contributed by atoms with Gasteiger partial charge in [0.05, 0.1) is 18.8 Å². The molecule has 0 saturated carbocycles. The first kappa shape index (κ1) is 25.2. The molecule has 4 N–H and O–H groups in total. The molecule has 0 bridgehead atoms. The van der Waals surface area contributed by atoms with Gasteiger partial charge in [-0.1, -0.05) is 35.3 Å². The Morgan fingerprint density at radius 3 is 2.10 bits per heavy atom. The van der Waals surface area contributed by atoms with E-state index in [1.54, 1.807) is 25.3 Å². The van der Waals surface area contributed by atoms with E-state index in [0.29, 0.717) is 23.0 Å². The predicted molar refractivity (Wildman–Crippen MR) is 115 cm³/mol. The van der Waals surface area contributed by atoms with Crippen LogP contribution in [0.3, 0.4) is 0 Å². The van der Waals surface area contributed by atoms with Crippen LogP contribution in [0.25, 0.3) is 0 Å². The maximum Gasteiger partial charge on any atom is 0.414 e. The fraction of sp³-hybridized carbons (Fsp3) is 0.250. The number of carboxylic acids is 2. The quantitative estimate of drug-likeness (QED) is 0.470. The maximum absolute atomic E-state index is 12.3. The van der Waals surface area contributed by atoms with Gasteiger partial charge >= 0.3 is 11.9 Å². The van der Waals surface area contributed by atoms with Gasteiger partial charge in [-0.15, -0.1) is 0 Å². The molecule has 10 heteroatoms. The van der Waals surface area contributed by atoms with E-state index < -0.39 is 11.9 Å². The molecule has 2 rings (SSSR count). The number of ether oxygens (including phenoxy) is 1. The van der Waals surface area contributed by atoms with Crippen molar-refractivity contribution in [3.8, 4) is 5.75 Å². The van der Waals surface area contributed by atoms with Gasteiger partial charge in [-0.2, -0.15) is 0 Å². The second kappa shape index (κ2) is 12.7. The van der Waals surface area contributed by atoms with Gasteiger partial charge in [-0.25, -0.2) is 9.59 Å². The number of rotatable bonds is 7. The molecule has 30 heavy (non-hydrogen) atoms. The first-order valence-electron chi connectivity index (χ1n) is 8.72.